The number of aliphatic imine (C=N–C) groups is 1. The summed E-state index contributed by atoms with van der Waals surface area (Å²) >= 11 is 0. The van der Waals surface area contributed by atoms with Crippen LogP contribution in [0.5, 0.6) is 0 Å². The maximum absolute atomic E-state index is 4.44. The fourth-order valence-electron chi connectivity index (χ4n) is 1.56. The molecule has 0 atom stereocenters. The van der Waals surface area contributed by atoms with E-state index >= 15 is 0 Å². The van der Waals surface area contributed by atoms with E-state index in [4.69, 9.17) is 0 Å². The van der Waals surface area contributed by atoms with Gasteiger partial charge in [0.25, 0.3) is 0 Å². The molecular weight excluding hydrogens is 218 g/mol. The van der Waals surface area contributed by atoms with Crippen molar-refractivity contribution in [3.63, 3.8) is 0 Å². The molecule has 0 aromatic heterocycles. The molecule has 1 heteroatoms. The summed E-state index contributed by atoms with van der Waals surface area (Å²) in [6.07, 6.45) is 7.67. The molecule has 0 fully saturated rings. The Morgan fingerprint density at radius 2 is 1.89 bits per heavy atom. The quantitative estimate of drug-likeness (QED) is 0.396. The predicted molar refractivity (Wildman–Crippen MR) is 80.2 cm³/mol. The molecule has 0 bridgehead atoms. The Labute approximate surface area is 111 Å². The lowest BCUT2D eigenvalue weighted by atomic mass is 10.1. The molecule has 1 aromatic rings. The van der Waals surface area contributed by atoms with Crippen molar-refractivity contribution in [2.45, 2.75) is 46.0 Å². The second-order valence-corrected chi connectivity index (χ2v) is 4.38. The molecule has 0 saturated carbocycles. The minimum atomic E-state index is 0.911. The monoisotopic (exact) mass is 241 g/mol. The molecule has 0 unspecified atom stereocenters. The maximum Gasteiger partial charge on any atom is 0.0389 e. The lowest BCUT2D eigenvalue weighted by molar-refractivity contribution is 0.810. The Morgan fingerprint density at radius 1 is 1.11 bits per heavy atom. The third-order valence-corrected chi connectivity index (χ3v) is 2.71. The standard InChI is InChI=1S/C17H23N/c1-3-5-7-8-11-16-12-9-10-13-17(16)15-18-14-6-4-2/h9-10,12-13,15H,3-7,14H2,1-2H3. The van der Waals surface area contributed by atoms with E-state index < -0.39 is 0 Å². The SMILES string of the molecule is CCCCC#Cc1ccccc1C=NCCCC. The lowest BCUT2D eigenvalue weighted by Crippen LogP contribution is -1.89. The van der Waals surface area contributed by atoms with Crippen LogP contribution in [0.15, 0.2) is 29.3 Å². The molecule has 1 rings (SSSR count). The van der Waals surface area contributed by atoms with Gasteiger partial charge in [-0.2, -0.15) is 0 Å². The van der Waals surface area contributed by atoms with Gasteiger partial charge in [0, 0.05) is 30.3 Å². The maximum atomic E-state index is 4.44. The van der Waals surface area contributed by atoms with Gasteiger partial charge >= 0.3 is 0 Å². The number of hydrogen-bond acceptors (Lipinski definition) is 1. The highest BCUT2D eigenvalue weighted by Crippen LogP contribution is 2.05. The van der Waals surface area contributed by atoms with Crippen LogP contribution >= 0.6 is 0 Å². The number of hydrogen-bond donors (Lipinski definition) is 0. The minimum absolute atomic E-state index is 0.911. The normalized spacial score (nSPS) is 10.3. The molecule has 0 N–H and O–H groups in total. The van der Waals surface area contributed by atoms with Crippen molar-refractivity contribution in [3.8, 4) is 11.8 Å². The van der Waals surface area contributed by atoms with Crippen molar-refractivity contribution in [1.29, 1.82) is 0 Å². The average Bonchev–Trinajstić information content (AvgIpc) is 2.41. The summed E-state index contributed by atoms with van der Waals surface area (Å²) in [4.78, 5) is 4.44. The summed E-state index contributed by atoms with van der Waals surface area (Å²) in [6.45, 7) is 5.28. The van der Waals surface area contributed by atoms with Crippen LogP contribution in [-0.2, 0) is 0 Å². The molecule has 1 nitrogen and oxygen atoms in total. The first-order valence-electron chi connectivity index (χ1n) is 6.96. The van der Waals surface area contributed by atoms with E-state index in [-0.39, 0.29) is 0 Å². The third-order valence-electron chi connectivity index (χ3n) is 2.71. The van der Waals surface area contributed by atoms with Crippen molar-refractivity contribution in [2.75, 3.05) is 6.54 Å². The smallest absolute Gasteiger partial charge is 0.0389 e. The van der Waals surface area contributed by atoms with Gasteiger partial charge in [0.2, 0.25) is 0 Å². The molecule has 18 heavy (non-hydrogen) atoms. The Hall–Kier alpha value is -1.55. The van der Waals surface area contributed by atoms with Gasteiger partial charge in [0.05, 0.1) is 0 Å². The molecule has 0 saturated heterocycles. The zero-order chi connectivity index (χ0) is 13.1. The molecular formula is C17H23N. The number of rotatable bonds is 6. The fourth-order valence-corrected chi connectivity index (χ4v) is 1.56. The van der Waals surface area contributed by atoms with Crippen molar-refractivity contribution in [1.82, 2.24) is 0 Å². The van der Waals surface area contributed by atoms with Gasteiger partial charge in [-0.1, -0.05) is 56.7 Å². The summed E-state index contributed by atoms with van der Waals surface area (Å²) in [6, 6.07) is 8.23. The number of benzene rings is 1. The largest absolute Gasteiger partial charge is 0.293 e. The molecule has 1 aromatic carbocycles. The second-order valence-electron chi connectivity index (χ2n) is 4.38. The van der Waals surface area contributed by atoms with Crippen LogP contribution in [0.2, 0.25) is 0 Å². The summed E-state index contributed by atoms with van der Waals surface area (Å²) in [7, 11) is 0. The zero-order valence-electron chi connectivity index (χ0n) is 11.6. The molecule has 0 aliphatic heterocycles. The lowest BCUT2D eigenvalue weighted by Gasteiger charge is -1.97. The first-order chi connectivity index (χ1) is 8.88. The molecule has 96 valence electrons. The van der Waals surface area contributed by atoms with Gasteiger partial charge in [0.15, 0.2) is 0 Å². The van der Waals surface area contributed by atoms with E-state index in [1.807, 2.05) is 18.3 Å². The Balaban J connectivity index is 2.66. The molecule has 0 spiro atoms. The first kappa shape index (κ1) is 14.5. The van der Waals surface area contributed by atoms with E-state index in [9.17, 15) is 0 Å². The Bertz CT molecular complexity index is 421. The van der Waals surface area contributed by atoms with Crippen molar-refractivity contribution < 1.29 is 0 Å². The van der Waals surface area contributed by atoms with Crippen LogP contribution in [0.1, 0.15) is 57.1 Å². The summed E-state index contributed by atoms with van der Waals surface area (Å²) < 4.78 is 0. The van der Waals surface area contributed by atoms with Gasteiger partial charge < -0.3 is 0 Å². The number of nitrogens with zero attached hydrogens (tertiary/aromatic N) is 1. The second kappa shape index (κ2) is 9.48. The van der Waals surface area contributed by atoms with Gasteiger partial charge in [-0.25, -0.2) is 0 Å². The minimum Gasteiger partial charge on any atom is -0.293 e. The van der Waals surface area contributed by atoms with Gasteiger partial charge in [-0.3, -0.25) is 4.99 Å². The Morgan fingerprint density at radius 3 is 2.67 bits per heavy atom. The summed E-state index contributed by atoms with van der Waals surface area (Å²) in [5.41, 5.74) is 2.23. The van der Waals surface area contributed by atoms with Crippen LogP contribution in [-0.4, -0.2) is 12.8 Å². The highest BCUT2D eigenvalue weighted by Gasteiger charge is 1.94. The van der Waals surface area contributed by atoms with Crippen LogP contribution in [0.3, 0.4) is 0 Å². The van der Waals surface area contributed by atoms with Crippen LogP contribution in [0, 0.1) is 11.8 Å². The molecule has 0 aliphatic carbocycles. The van der Waals surface area contributed by atoms with E-state index in [1.165, 1.54) is 19.3 Å². The van der Waals surface area contributed by atoms with Crippen LogP contribution < -0.4 is 0 Å². The third kappa shape index (κ3) is 5.68. The van der Waals surface area contributed by atoms with Crippen molar-refractivity contribution in [3.05, 3.63) is 35.4 Å². The summed E-state index contributed by atoms with van der Waals surface area (Å²) in [5.74, 6) is 6.48. The van der Waals surface area contributed by atoms with Crippen molar-refractivity contribution >= 4 is 6.21 Å². The zero-order valence-corrected chi connectivity index (χ0v) is 11.6. The molecule has 0 aliphatic rings. The average molecular weight is 241 g/mol. The van der Waals surface area contributed by atoms with E-state index in [0.29, 0.717) is 0 Å². The first-order valence-corrected chi connectivity index (χ1v) is 6.96. The predicted octanol–water partition coefficient (Wildman–Crippen LogP) is 4.45. The summed E-state index contributed by atoms with van der Waals surface area (Å²) in [5, 5.41) is 0. The van der Waals surface area contributed by atoms with E-state index in [2.05, 4.69) is 42.8 Å². The van der Waals surface area contributed by atoms with E-state index in [0.717, 1.165) is 30.5 Å². The highest BCUT2D eigenvalue weighted by molar-refractivity contribution is 5.83. The molecule has 0 heterocycles. The number of unbranched alkanes of at least 4 members (excludes halogenated alkanes) is 3. The Kier molecular flexibility index (Phi) is 7.64. The van der Waals surface area contributed by atoms with Crippen LogP contribution in [0.25, 0.3) is 0 Å². The topological polar surface area (TPSA) is 12.4 Å². The molecule has 0 amide bonds. The highest BCUT2D eigenvalue weighted by atomic mass is 14.7. The van der Waals surface area contributed by atoms with Gasteiger partial charge in [0.1, 0.15) is 0 Å². The van der Waals surface area contributed by atoms with Crippen LogP contribution in [0.4, 0.5) is 0 Å². The van der Waals surface area contributed by atoms with Crippen molar-refractivity contribution in [2.24, 2.45) is 4.99 Å². The fraction of sp³-hybridized carbons (Fsp3) is 0.471. The van der Waals surface area contributed by atoms with E-state index in [1.54, 1.807) is 0 Å². The van der Waals surface area contributed by atoms with Gasteiger partial charge in [-0.15, -0.1) is 0 Å². The van der Waals surface area contributed by atoms with Gasteiger partial charge in [-0.05, 0) is 18.9 Å². The molecule has 0 radical (unpaired) electrons.